The number of ether oxygens (including phenoxy) is 1. The van der Waals surface area contributed by atoms with Crippen molar-refractivity contribution in [3.63, 3.8) is 0 Å². The van der Waals surface area contributed by atoms with Gasteiger partial charge < -0.3 is 4.74 Å². The SMILES string of the molecule is CC1CN(S(=O)(=O)c2cc(Cl)c(Br)s2)CCCO1. The summed E-state index contributed by atoms with van der Waals surface area (Å²) in [6.07, 6.45) is 0.630. The molecule has 0 aromatic carbocycles. The van der Waals surface area contributed by atoms with Crippen LogP contribution in [-0.2, 0) is 14.8 Å². The third-order valence-corrected chi connectivity index (χ3v) is 7.42. The van der Waals surface area contributed by atoms with E-state index < -0.39 is 10.0 Å². The third kappa shape index (κ3) is 3.08. The number of halogens is 2. The maximum Gasteiger partial charge on any atom is 0.252 e. The zero-order valence-electron chi connectivity index (χ0n) is 9.73. The molecule has 8 heteroatoms. The van der Waals surface area contributed by atoms with Gasteiger partial charge in [-0.2, -0.15) is 4.31 Å². The summed E-state index contributed by atoms with van der Waals surface area (Å²) in [6, 6.07) is 1.49. The summed E-state index contributed by atoms with van der Waals surface area (Å²) in [5, 5.41) is 0.428. The summed E-state index contributed by atoms with van der Waals surface area (Å²) in [5.74, 6) is 0. The van der Waals surface area contributed by atoms with E-state index in [1.165, 1.54) is 10.4 Å². The van der Waals surface area contributed by atoms with Crippen LogP contribution in [0.3, 0.4) is 0 Å². The van der Waals surface area contributed by atoms with Crippen LogP contribution in [0.4, 0.5) is 0 Å². The van der Waals surface area contributed by atoms with Crippen LogP contribution in [0.15, 0.2) is 14.1 Å². The van der Waals surface area contributed by atoms with Gasteiger partial charge in [0.1, 0.15) is 4.21 Å². The van der Waals surface area contributed by atoms with Crippen LogP contribution in [0.2, 0.25) is 5.02 Å². The molecule has 1 aromatic heterocycles. The van der Waals surface area contributed by atoms with Crippen molar-refractivity contribution in [1.82, 2.24) is 4.31 Å². The lowest BCUT2D eigenvalue weighted by Crippen LogP contribution is -2.35. The van der Waals surface area contributed by atoms with Crippen molar-refractivity contribution >= 4 is 48.9 Å². The number of hydrogen-bond donors (Lipinski definition) is 0. The Labute approximate surface area is 124 Å². The molecule has 2 rings (SSSR count). The maximum absolute atomic E-state index is 12.5. The first-order valence-corrected chi connectivity index (χ1v) is 8.90. The first kappa shape index (κ1) is 14.7. The highest BCUT2D eigenvalue weighted by Gasteiger charge is 2.29. The third-order valence-electron chi connectivity index (χ3n) is 2.63. The Hall–Kier alpha value is 0.340. The second-order valence-electron chi connectivity index (χ2n) is 4.09. The lowest BCUT2D eigenvalue weighted by molar-refractivity contribution is 0.0752. The van der Waals surface area contributed by atoms with Crippen LogP contribution in [0.5, 0.6) is 0 Å². The maximum atomic E-state index is 12.5. The van der Waals surface area contributed by atoms with Crippen molar-refractivity contribution in [3.8, 4) is 0 Å². The minimum Gasteiger partial charge on any atom is -0.377 e. The van der Waals surface area contributed by atoms with Gasteiger partial charge >= 0.3 is 0 Å². The molecule has 0 saturated carbocycles. The van der Waals surface area contributed by atoms with E-state index >= 15 is 0 Å². The van der Waals surface area contributed by atoms with E-state index in [1.54, 1.807) is 0 Å². The van der Waals surface area contributed by atoms with Crippen LogP contribution in [-0.4, -0.2) is 38.5 Å². The van der Waals surface area contributed by atoms with E-state index in [0.717, 1.165) is 11.3 Å². The van der Waals surface area contributed by atoms with Gasteiger partial charge in [-0.3, -0.25) is 0 Å². The fraction of sp³-hybridized carbons (Fsp3) is 0.600. The molecule has 18 heavy (non-hydrogen) atoms. The molecule has 2 heterocycles. The smallest absolute Gasteiger partial charge is 0.252 e. The van der Waals surface area contributed by atoms with Gasteiger partial charge in [0.05, 0.1) is 14.9 Å². The van der Waals surface area contributed by atoms with Crippen molar-refractivity contribution in [2.45, 2.75) is 23.7 Å². The average molecular weight is 375 g/mol. The molecule has 1 aliphatic heterocycles. The molecule has 102 valence electrons. The summed E-state index contributed by atoms with van der Waals surface area (Å²) in [7, 11) is -3.46. The highest BCUT2D eigenvalue weighted by atomic mass is 79.9. The Balaban J connectivity index is 2.29. The number of sulfonamides is 1. The molecule has 0 radical (unpaired) electrons. The molecule has 1 aliphatic rings. The van der Waals surface area contributed by atoms with Crippen LogP contribution in [0.1, 0.15) is 13.3 Å². The average Bonchev–Trinajstić information content (AvgIpc) is 2.52. The molecule has 0 bridgehead atoms. The van der Waals surface area contributed by atoms with E-state index in [0.29, 0.717) is 34.9 Å². The molecule has 0 aliphatic carbocycles. The molecule has 1 fully saturated rings. The van der Waals surface area contributed by atoms with Gasteiger partial charge in [-0.1, -0.05) is 11.6 Å². The minimum atomic E-state index is -3.46. The van der Waals surface area contributed by atoms with Crippen molar-refractivity contribution in [3.05, 3.63) is 14.9 Å². The van der Waals surface area contributed by atoms with Gasteiger partial charge in [0.15, 0.2) is 0 Å². The van der Waals surface area contributed by atoms with Gasteiger partial charge in [-0.05, 0) is 35.3 Å². The number of rotatable bonds is 2. The highest BCUT2D eigenvalue weighted by Crippen LogP contribution is 2.36. The minimum absolute atomic E-state index is 0.0823. The number of nitrogens with zero attached hydrogens (tertiary/aromatic N) is 1. The van der Waals surface area contributed by atoms with E-state index in [1.807, 2.05) is 6.92 Å². The van der Waals surface area contributed by atoms with Crippen molar-refractivity contribution in [1.29, 1.82) is 0 Å². The fourth-order valence-electron chi connectivity index (χ4n) is 1.76. The van der Waals surface area contributed by atoms with Gasteiger partial charge in [-0.15, -0.1) is 11.3 Å². The predicted octanol–water partition coefficient (Wildman–Crippen LogP) is 2.96. The van der Waals surface area contributed by atoms with Crippen LogP contribution < -0.4 is 0 Å². The number of hydrogen-bond acceptors (Lipinski definition) is 4. The zero-order chi connectivity index (χ0) is 13.3. The Kier molecular flexibility index (Phi) is 4.72. The monoisotopic (exact) mass is 373 g/mol. The quantitative estimate of drug-likeness (QED) is 0.799. The standard InChI is InChI=1S/C10H13BrClNO3S2/c1-7-6-13(3-2-4-16-7)18(14,15)9-5-8(12)10(11)17-9/h5,7H,2-4,6H2,1H3. The van der Waals surface area contributed by atoms with Crippen LogP contribution >= 0.6 is 38.9 Å². The summed E-state index contributed by atoms with van der Waals surface area (Å²) in [5.41, 5.74) is 0. The number of thiophene rings is 1. The molecule has 1 unspecified atom stereocenters. The van der Waals surface area contributed by atoms with E-state index in [2.05, 4.69) is 15.9 Å². The van der Waals surface area contributed by atoms with Crippen LogP contribution in [0, 0.1) is 0 Å². The van der Waals surface area contributed by atoms with E-state index in [-0.39, 0.29) is 10.3 Å². The lowest BCUT2D eigenvalue weighted by Gasteiger charge is -2.20. The zero-order valence-corrected chi connectivity index (χ0v) is 13.7. The Bertz CT molecular complexity index is 512. The van der Waals surface area contributed by atoms with Crippen molar-refractivity contribution in [2.24, 2.45) is 0 Å². The Morgan fingerprint density at radius 1 is 1.61 bits per heavy atom. The summed E-state index contributed by atoms with van der Waals surface area (Å²) in [4.78, 5) is 0. The largest absolute Gasteiger partial charge is 0.377 e. The van der Waals surface area contributed by atoms with E-state index in [4.69, 9.17) is 16.3 Å². The summed E-state index contributed by atoms with van der Waals surface area (Å²) in [6.45, 7) is 3.35. The topological polar surface area (TPSA) is 46.6 Å². The summed E-state index contributed by atoms with van der Waals surface area (Å²) < 4.78 is 32.7. The molecule has 4 nitrogen and oxygen atoms in total. The molecule has 0 N–H and O–H groups in total. The normalized spacial score (nSPS) is 22.9. The van der Waals surface area contributed by atoms with Gasteiger partial charge in [0.2, 0.25) is 0 Å². The summed E-state index contributed by atoms with van der Waals surface area (Å²) >= 11 is 10.3. The van der Waals surface area contributed by atoms with Gasteiger partial charge in [0.25, 0.3) is 10.0 Å². The van der Waals surface area contributed by atoms with Gasteiger partial charge in [-0.25, -0.2) is 8.42 Å². The molecular formula is C10H13BrClNO3S2. The lowest BCUT2D eigenvalue weighted by atomic mass is 10.4. The molecule has 0 spiro atoms. The molecular weight excluding hydrogens is 362 g/mol. The second-order valence-corrected chi connectivity index (χ2v) is 9.03. The van der Waals surface area contributed by atoms with Crippen molar-refractivity contribution < 1.29 is 13.2 Å². The molecule has 0 amide bonds. The first-order chi connectivity index (χ1) is 8.41. The van der Waals surface area contributed by atoms with Gasteiger partial charge in [0, 0.05) is 19.7 Å². The van der Waals surface area contributed by atoms with E-state index in [9.17, 15) is 8.42 Å². The Morgan fingerprint density at radius 2 is 2.33 bits per heavy atom. The second kappa shape index (κ2) is 5.76. The van der Waals surface area contributed by atoms with Crippen molar-refractivity contribution in [2.75, 3.05) is 19.7 Å². The molecule has 1 saturated heterocycles. The predicted molar refractivity (Wildman–Crippen MR) is 75.8 cm³/mol. The van der Waals surface area contributed by atoms with Crippen LogP contribution in [0.25, 0.3) is 0 Å². The highest BCUT2D eigenvalue weighted by molar-refractivity contribution is 9.11. The molecule has 1 atom stereocenters. The Morgan fingerprint density at radius 3 is 2.94 bits per heavy atom. The molecule has 1 aromatic rings. The first-order valence-electron chi connectivity index (χ1n) is 5.48. The fourth-order valence-corrected chi connectivity index (χ4v) is 5.86.